The molecule has 0 aromatic carbocycles. The molecule has 1 saturated carbocycles. The molecule has 7 heteroatoms. The molecule has 0 amide bonds. The van der Waals surface area contributed by atoms with Gasteiger partial charge in [0.25, 0.3) is 0 Å². The lowest BCUT2D eigenvalue weighted by Gasteiger charge is -2.22. The Balaban J connectivity index is 1.59. The molecule has 2 heterocycles. The molecule has 1 aliphatic carbocycles. The highest BCUT2D eigenvalue weighted by atomic mass is 32.2. The Morgan fingerprint density at radius 3 is 2.89 bits per heavy atom. The van der Waals surface area contributed by atoms with Gasteiger partial charge in [0.2, 0.25) is 10.0 Å². The van der Waals surface area contributed by atoms with Crippen LogP contribution in [0.25, 0.3) is 0 Å². The number of anilines is 1. The summed E-state index contributed by atoms with van der Waals surface area (Å²) in [5.41, 5.74) is 0.544. The largest absolute Gasteiger partial charge is 0.376 e. The van der Waals surface area contributed by atoms with Crippen molar-refractivity contribution in [2.24, 2.45) is 0 Å². The molecule has 1 aromatic rings. The van der Waals surface area contributed by atoms with Crippen LogP contribution in [0, 0.1) is 0 Å². The van der Waals surface area contributed by atoms with Gasteiger partial charge in [-0.2, -0.15) is 5.10 Å². The molecule has 0 radical (unpaired) electrons. The van der Waals surface area contributed by atoms with Crippen molar-refractivity contribution in [1.29, 1.82) is 0 Å². The number of sulfonamides is 1. The highest BCUT2D eigenvalue weighted by Gasteiger charge is 2.35. The summed E-state index contributed by atoms with van der Waals surface area (Å²) in [6.07, 6.45) is 8.37. The van der Waals surface area contributed by atoms with Crippen LogP contribution in [-0.4, -0.2) is 36.2 Å². The second-order valence-corrected chi connectivity index (χ2v) is 7.25. The van der Waals surface area contributed by atoms with E-state index in [0.717, 1.165) is 32.3 Å². The van der Waals surface area contributed by atoms with Crippen molar-refractivity contribution in [3.05, 3.63) is 12.4 Å². The first-order valence-corrected chi connectivity index (χ1v) is 8.34. The molecule has 0 spiro atoms. The normalized spacial score (nSPS) is 24.3. The summed E-state index contributed by atoms with van der Waals surface area (Å²) in [5, 5.41) is 3.97. The molecule has 19 heavy (non-hydrogen) atoms. The third-order valence-electron chi connectivity index (χ3n) is 3.52. The molecule has 2 fully saturated rings. The van der Waals surface area contributed by atoms with Crippen molar-refractivity contribution < 1.29 is 13.2 Å². The maximum atomic E-state index is 11.8. The third kappa shape index (κ3) is 3.27. The van der Waals surface area contributed by atoms with E-state index in [1.165, 1.54) is 6.42 Å². The van der Waals surface area contributed by atoms with E-state index in [1.807, 2.05) is 0 Å². The van der Waals surface area contributed by atoms with Crippen molar-refractivity contribution in [1.82, 2.24) is 9.78 Å². The quantitative estimate of drug-likeness (QED) is 0.886. The molecular weight excluding hydrogens is 266 g/mol. The highest BCUT2D eigenvalue weighted by molar-refractivity contribution is 7.93. The maximum absolute atomic E-state index is 11.8. The second-order valence-electron chi connectivity index (χ2n) is 5.29. The molecular formula is C12H19N3O3S. The SMILES string of the molecule is O=S(=O)(Nc1cnn(CC2CCCCO2)c1)C1CC1. The minimum atomic E-state index is -3.19. The zero-order valence-electron chi connectivity index (χ0n) is 10.8. The summed E-state index contributed by atoms with van der Waals surface area (Å²) in [4.78, 5) is 0. The summed E-state index contributed by atoms with van der Waals surface area (Å²) in [6, 6.07) is 0. The van der Waals surface area contributed by atoms with E-state index in [0.29, 0.717) is 12.2 Å². The van der Waals surface area contributed by atoms with Crippen molar-refractivity contribution in [3.63, 3.8) is 0 Å². The van der Waals surface area contributed by atoms with E-state index >= 15 is 0 Å². The summed E-state index contributed by atoms with van der Waals surface area (Å²) in [7, 11) is -3.19. The van der Waals surface area contributed by atoms with Crippen LogP contribution < -0.4 is 4.72 Å². The summed E-state index contributed by atoms with van der Waals surface area (Å²) >= 11 is 0. The highest BCUT2D eigenvalue weighted by Crippen LogP contribution is 2.29. The average molecular weight is 285 g/mol. The minimum Gasteiger partial charge on any atom is -0.376 e. The fourth-order valence-electron chi connectivity index (χ4n) is 2.30. The molecule has 1 N–H and O–H groups in total. The predicted octanol–water partition coefficient (Wildman–Crippen LogP) is 1.36. The Bertz CT molecular complexity index is 530. The van der Waals surface area contributed by atoms with Crippen LogP contribution in [0.3, 0.4) is 0 Å². The molecule has 1 aliphatic heterocycles. The van der Waals surface area contributed by atoms with Gasteiger partial charge in [-0.15, -0.1) is 0 Å². The van der Waals surface area contributed by atoms with Gasteiger partial charge in [0.15, 0.2) is 0 Å². The van der Waals surface area contributed by atoms with Gasteiger partial charge in [-0.1, -0.05) is 0 Å². The Morgan fingerprint density at radius 1 is 1.37 bits per heavy atom. The predicted molar refractivity (Wildman–Crippen MR) is 71.4 cm³/mol. The van der Waals surface area contributed by atoms with E-state index in [9.17, 15) is 8.42 Å². The van der Waals surface area contributed by atoms with Crippen LogP contribution in [0.15, 0.2) is 12.4 Å². The van der Waals surface area contributed by atoms with Crippen LogP contribution >= 0.6 is 0 Å². The van der Waals surface area contributed by atoms with E-state index in [1.54, 1.807) is 17.1 Å². The van der Waals surface area contributed by atoms with Gasteiger partial charge in [-0.3, -0.25) is 9.40 Å². The first-order chi connectivity index (χ1) is 9.13. The number of hydrogen-bond donors (Lipinski definition) is 1. The maximum Gasteiger partial charge on any atom is 0.235 e. The smallest absolute Gasteiger partial charge is 0.235 e. The fourth-order valence-corrected chi connectivity index (χ4v) is 3.66. The molecule has 6 nitrogen and oxygen atoms in total. The zero-order valence-corrected chi connectivity index (χ0v) is 11.6. The molecule has 1 unspecified atom stereocenters. The number of rotatable bonds is 5. The van der Waals surface area contributed by atoms with Gasteiger partial charge >= 0.3 is 0 Å². The first-order valence-electron chi connectivity index (χ1n) is 6.79. The van der Waals surface area contributed by atoms with Crippen molar-refractivity contribution in [2.45, 2.75) is 50.0 Å². The summed E-state index contributed by atoms with van der Waals surface area (Å²) in [5.74, 6) is 0. The Kier molecular flexibility index (Phi) is 3.49. The van der Waals surface area contributed by atoms with E-state index in [2.05, 4.69) is 9.82 Å². The molecule has 1 aromatic heterocycles. The number of hydrogen-bond acceptors (Lipinski definition) is 4. The van der Waals surface area contributed by atoms with Crippen LogP contribution in [0.4, 0.5) is 5.69 Å². The third-order valence-corrected chi connectivity index (χ3v) is 5.39. The standard InChI is InChI=1S/C12H19N3O3S/c16-19(17,12-4-5-12)14-10-7-13-15(8-10)9-11-3-1-2-6-18-11/h7-8,11-12,14H,1-6,9H2. The van der Waals surface area contributed by atoms with Crippen molar-refractivity contribution in [3.8, 4) is 0 Å². The number of aromatic nitrogens is 2. The Hall–Kier alpha value is -1.08. The number of nitrogens with one attached hydrogen (secondary N) is 1. The monoisotopic (exact) mass is 285 g/mol. The van der Waals surface area contributed by atoms with Gasteiger partial charge in [-0.05, 0) is 32.1 Å². The van der Waals surface area contributed by atoms with E-state index in [-0.39, 0.29) is 11.4 Å². The van der Waals surface area contributed by atoms with Gasteiger partial charge in [0.05, 0.1) is 29.8 Å². The first kappa shape index (κ1) is 12.9. The topological polar surface area (TPSA) is 73.2 Å². The van der Waals surface area contributed by atoms with Crippen LogP contribution in [0.1, 0.15) is 32.1 Å². The lowest BCUT2D eigenvalue weighted by atomic mass is 10.1. The lowest BCUT2D eigenvalue weighted by Crippen LogP contribution is -2.24. The molecule has 1 atom stereocenters. The van der Waals surface area contributed by atoms with Gasteiger partial charge in [0, 0.05) is 12.8 Å². The zero-order chi connectivity index (χ0) is 13.3. The number of nitrogens with zero attached hydrogens (tertiary/aromatic N) is 2. The lowest BCUT2D eigenvalue weighted by molar-refractivity contribution is 0.00401. The van der Waals surface area contributed by atoms with Crippen LogP contribution in [-0.2, 0) is 21.3 Å². The molecule has 1 saturated heterocycles. The molecule has 3 rings (SSSR count). The van der Waals surface area contributed by atoms with E-state index < -0.39 is 10.0 Å². The Labute approximate surface area is 113 Å². The van der Waals surface area contributed by atoms with Gasteiger partial charge in [0.1, 0.15) is 0 Å². The fraction of sp³-hybridized carbons (Fsp3) is 0.750. The average Bonchev–Trinajstić information content (AvgIpc) is 3.16. The van der Waals surface area contributed by atoms with Crippen molar-refractivity contribution >= 4 is 15.7 Å². The van der Waals surface area contributed by atoms with Crippen LogP contribution in [0.2, 0.25) is 0 Å². The van der Waals surface area contributed by atoms with Crippen molar-refractivity contribution in [2.75, 3.05) is 11.3 Å². The molecule has 106 valence electrons. The van der Waals surface area contributed by atoms with Crippen LogP contribution in [0.5, 0.6) is 0 Å². The summed E-state index contributed by atoms with van der Waals surface area (Å²) in [6.45, 7) is 1.50. The molecule has 0 bridgehead atoms. The van der Waals surface area contributed by atoms with E-state index in [4.69, 9.17) is 4.74 Å². The number of ether oxygens (including phenoxy) is 1. The summed E-state index contributed by atoms with van der Waals surface area (Å²) < 4.78 is 33.6. The van der Waals surface area contributed by atoms with Gasteiger partial charge in [-0.25, -0.2) is 8.42 Å². The minimum absolute atomic E-state index is 0.196. The Morgan fingerprint density at radius 2 is 2.21 bits per heavy atom. The molecule has 2 aliphatic rings. The second kappa shape index (κ2) is 5.13. The van der Waals surface area contributed by atoms with Gasteiger partial charge < -0.3 is 4.74 Å².